The molecule has 88 valence electrons. The van der Waals surface area contributed by atoms with Gasteiger partial charge < -0.3 is 5.32 Å². The molecular weight excluding hydrogens is 198 g/mol. The van der Waals surface area contributed by atoms with Gasteiger partial charge in [-0.05, 0) is 32.4 Å². The van der Waals surface area contributed by atoms with Gasteiger partial charge in [0, 0.05) is 23.2 Å². The largest absolute Gasteiger partial charge is 0.383 e. The first-order valence-corrected chi connectivity index (χ1v) is 5.83. The maximum absolute atomic E-state index is 12.0. The van der Waals surface area contributed by atoms with E-state index >= 15 is 0 Å². The zero-order chi connectivity index (χ0) is 12.3. The van der Waals surface area contributed by atoms with Gasteiger partial charge in [-0.2, -0.15) is 0 Å². The number of benzene rings is 1. The monoisotopic (exact) mass is 219 g/mol. The zero-order valence-electron chi connectivity index (χ0n) is 10.8. The van der Waals surface area contributed by atoms with E-state index in [9.17, 15) is 4.79 Å². The Morgan fingerprint density at radius 1 is 1.19 bits per heavy atom. The Bertz CT molecular complexity index is 380. The molecule has 0 radical (unpaired) electrons. The third kappa shape index (κ3) is 2.84. The first kappa shape index (κ1) is 12.8. The van der Waals surface area contributed by atoms with Crippen molar-refractivity contribution in [3.05, 3.63) is 29.3 Å². The minimum absolute atomic E-state index is 0.0491. The molecule has 0 bridgehead atoms. The van der Waals surface area contributed by atoms with E-state index in [2.05, 4.69) is 19.2 Å². The lowest BCUT2D eigenvalue weighted by molar-refractivity contribution is 0.0939. The van der Waals surface area contributed by atoms with E-state index in [0.29, 0.717) is 6.04 Å². The summed E-state index contributed by atoms with van der Waals surface area (Å²) in [5.74, 6) is 0.262. The lowest BCUT2D eigenvalue weighted by Gasteiger charge is -2.16. The molecule has 1 N–H and O–H groups in total. The van der Waals surface area contributed by atoms with Crippen LogP contribution in [0.4, 0.5) is 5.69 Å². The third-order valence-corrected chi connectivity index (χ3v) is 2.57. The number of carbonyl (C=O) groups excluding carboxylic acids is 1. The Balaban J connectivity index is 3.08. The second-order valence-electron chi connectivity index (χ2n) is 4.80. The maximum Gasteiger partial charge on any atom is 0.165 e. The molecule has 0 spiro atoms. The fourth-order valence-electron chi connectivity index (χ4n) is 1.68. The van der Waals surface area contributed by atoms with E-state index < -0.39 is 0 Å². The molecule has 0 saturated carbocycles. The molecule has 0 aromatic heterocycles. The van der Waals surface area contributed by atoms with Crippen molar-refractivity contribution in [3.63, 3.8) is 0 Å². The van der Waals surface area contributed by atoms with Gasteiger partial charge in [0.15, 0.2) is 5.78 Å². The van der Waals surface area contributed by atoms with Gasteiger partial charge in [-0.3, -0.25) is 4.79 Å². The van der Waals surface area contributed by atoms with E-state index in [4.69, 9.17) is 0 Å². The van der Waals surface area contributed by atoms with Crippen LogP contribution >= 0.6 is 0 Å². The molecule has 2 heteroatoms. The number of anilines is 1. The summed E-state index contributed by atoms with van der Waals surface area (Å²) in [5.41, 5.74) is 2.94. The van der Waals surface area contributed by atoms with Crippen LogP contribution in [-0.2, 0) is 0 Å². The summed E-state index contributed by atoms with van der Waals surface area (Å²) in [6.45, 7) is 10.1. The van der Waals surface area contributed by atoms with E-state index in [1.807, 2.05) is 39.0 Å². The van der Waals surface area contributed by atoms with Crippen LogP contribution in [0.25, 0.3) is 0 Å². The molecule has 0 aliphatic rings. The summed E-state index contributed by atoms with van der Waals surface area (Å²) in [7, 11) is 0. The molecule has 0 amide bonds. The Morgan fingerprint density at radius 2 is 1.81 bits per heavy atom. The lowest BCUT2D eigenvalue weighted by atomic mass is 9.96. The van der Waals surface area contributed by atoms with Crippen LogP contribution in [0.2, 0.25) is 0 Å². The number of carbonyl (C=O) groups is 1. The average Bonchev–Trinajstić information content (AvgIpc) is 2.19. The Morgan fingerprint density at radius 3 is 2.31 bits per heavy atom. The quantitative estimate of drug-likeness (QED) is 0.783. The standard InChI is InChI=1S/C14H21NO/c1-9(2)14(16)12-7-6-8-13(11(12)5)15-10(3)4/h6-10,15H,1-5H3. The minimum atomic E-state index is 0.0491. The van der Waals surface area contributed by atoms with Crippen molar-refractivity contribution in [3.8, 4) is 0 Å². The second kappa shape index (κ2) is 5.15. The zero-order valence-corrected chi connectivity index (χ0v) is 10.8. The average molecular weight is 219 g/mol. The maximum atomic E-state index is 12.0. The molecule has 1 rings (SSSR count). The van der Waals surface area contributed by atoms with Crippen LogP contribution in [0.5, 0.6) is 0 Å². The van der Waals surface area contributed by atoms with Crippen LogP contribution in [0.15, 0.2) is 18.2 Å². The van der Waals surface area contributed by atoms with Gasteiger partial charge in [-0.15, -0.1) is 0 Å². The molecule has 1 aromatic rings. The van der Waals surface area contributed by atoms with Crippen molar-refractivity contribution in [1.82, 2.24) is 0 Å². The number of hydrogen-bond donors (Lipinski definition) is 1. The number of nitrogens with one attached hydrogen (secondary N) is 1. The molecule has 0 unspecified atom stereocenters. The Hall–Kier alpha value is -1.31. The van der Waals surface area contributed by atoms with Crippen LogP contribution in [-0.4, -0.2) is 11.8 Å². The summed E-state index contributed by atoms with van der Waals surface area (Å²) in [6.07, 6.45) is 0. The highest BCUT2D eigenvalue weighted by Crippen LogP contribution is 2.22. The highest BCUT2D eigenvalue weighted by molar-refractivity contribution is 5.99. The molecular formula is C14H21NO. The van der Waals surface area contributed by atoms with Crippen LogP contribution in [0.3, 0.4) is 0 Å². The number of Topliss-reactive ketones (excluding diaryl/α,β-unsaturated/α-hetero) is 1. The number of rotatable bonds is 4. The molecule has 0 saturated heterocycles. The van der Waals surface area contributed by atoms with E-state index in [1.165, 1.54) is 0 Å². The van der Waals surface area contributed by atoms with Gasteiger partial charge in [0.05, 0.1) is 0 Å². The van der Waals surface area contributed by atoms with Crippen molar-refractivity contribution in [1.29, 1.82) is 0 Å². The summed E-state index contributed by atoms with van der Waals surface area (Å²) >= 11 is 0. The summed E-state index contributed by atoms with van der Waals surface area (Å²) < 4.78 is 0. The number of hydrogen-bond acceptors (Lipinski definition) is 2. The SMILES string of the molecule is Cc1c(NC(C)C)cccc1C(=O)C(C)C. The topological polar surface area (TPSA) is 29.1 Å². The third-order valence-electron chi connectivity index (χ3n) is 2.57. The highest BCUT2D eigenvalue weighted by Gasteiger charge is 2.14. The van der Waals surface area contributed by atoms with Gasteiger partial charge in [-0.1, -0.05) is 26.0 Å². The normalized spacial score (nSPS) is 10.9. The number of ketones is 1. The molecule has 1 aromatic carbocycles. The summed E-state index contributed by atoms with van der Waals surface area (Å²) in [4.78, 5) is 12.0. The smallest absolute Gasteiger partial charge is 0.165 e. The van der Waals surface area contributed by atoms with Gasteiger partial charge in [-0.25, -0.2) is 0 Å². The van der Waals surface area contributed by atoms with E-state index in [0.717, 1.165) is 16.8 Å². The Labute approximate surface area is 98.1 Å². The summed E-state index contributed by atoms with van der Waals surface area (Å²) in [6, 6.07) is 6.24. The van der Waals surface area contributed by atoms with Crippen molar-refractivity contribution in [2.75, 3.05) is 5.32 Å². The van der Waals surface area contributed by atoms with Crippen molar-refractivity contribution in [2.45, 2.75) is 40.7 Å². The molecule has 2 nitrogen and oxygen atoms in total. The van der Waals surface area contributed by atoms with E-state index in [-0.39, 0.29) is 11.7 Å². The van der Waals surface area contributed by atoms with E-state index in [1.54, 1.807) is 0 Å². The van der Waals surface area contributed by atoms with Crippen LogP contribution < -0.4 is 5.32 Å². The van der Waals surface area contributed by atoms with Gasteiger partial charge in [0.1, 0.15) is 0 Å². The lowest BCUT2D eigenvalue weighted by Crippen LogP contribution is -2.14. The van der Waals surface area contributed by atoms with Gasteiger partial charge >= 0.3 is 0 Å². The van der Waals surface area contributed by atoms with Crippen molar-refractivity contribution < 1.29 is 4.79 Å². The first-order valence-electron chi connectivity index (χ1n) is 5.83. The predicted octanol–water partition coefficient (Wildman–Crippen LogP) is 3.65. The molecule has 0 aliphatic heterocycles. The Kier molecular flexibility index (Phi) is 4.11. The first-order chi connectivity index (χ1) is 7.43. The van der Waals surface area contributed by atoms with Crippen LogP contribution in [0, 0.1) is 12.8 Å². The molecule has 0 fully saturated rings. The summed E-state index contributed by atoms with van der Waals surface area (Å²) in [5, 5.41) is 3.35. The van der Waals surface area contributed by atoms with Crippen molar-refractivity contribution >= 4 is 11.5 Å². The minimum Gasteiger partial charge on any atom is -0.383 e. The fourth-order valence-corrected chi connectivity index (χ4v) is 1.68. The van der Waals surface area contributed by atoms with Gasteiger partial charge in [0.25, 0.3) is 0 Å². The molecule has 0 atom stereocenters. The highest BCUT2D eigenvalue weighted by atomic mass is 16.1. The second-order valence-corrected chi connectivity index (χ2v) is 4.80. The van der Waals surface area contributed by atoms with Gasteiger partial charge in [0.2, 0.25) is 0 Å². The molecule has 0 heterocycles. The fraction of sp³-hybridized carbons (Fsp3) is 0.500. The van der Waals surface area contributed by atoms with Crippen molar-refractivity contribution in [2.24, 2.45) is 5.92 Å². The molecule has 0 aliphatic carbocycles. The predicted molar refractivity (Wildman–Crippen MR) is 69.1 cm³/mol. The van der Waals surface area contributed by atoms with Crippen LogP contribution in [0.1, 0.15) is 43.6 Å². The molecule has 16 heavy (non-hydrogen) atoms.